The summed E-state index contributed by atoms with van der Waals surface area (Å²) in [6, 6.07) is 4.13. The Morgan fingerprint density at radius 1 is 1.26 bits per heavy atom. The van der Waals surface area contributed by atoms with Gasteiger partial charge in [0.1, 0.15) is 11.5 Å². The first kappa shape index (κ1) is 24.8. The highest BCUT2D eigenvalue weighted by Gasteiger charge is 2.30. The standard InChI is InChI=1S/C21H30F3N3O4/c1-14(2)26-20(29)12-30-17-7-8-19(31-13-21(22,23)24)18(10-17)27(15(3)28)11-16-6-4-5-9-25-16/h7-8,10,14,16,25H,4-6,9,11-13H2,1-3H3,(H,26,29). The van der Waals surface area contributed by atoms with Crippen LogP contribution in [0.2, 0.25) is 0 Å². The highest BCUT2D eigenvalue weighted by molar-refractivity contribution is 5.93. The molecular weight excluding hydrogens is 415 g/mol. The second-order valence-electron chi connectivity index (χ2n) is 7.82. The first-order chi connectivity index (χ1) is 14.5. The van der Waals surface area contributed by atoms with Crippen molar-refractivity contribution >= 4 is 17.5 Å². The van der Waals surface area contributed by atoms with Crippen molar-refractivity contribution in [1.82, 2.24) is 10.6 Å². The topological polar surface area (TPSA) is 79.9 Å². The van der Waals surface area contributed by atoms with Gasteiger partial charge in [0, 0.05) is 31.6 Å². The molecular formula is C21H30F3N3O4. The molecule has 0 aromatic heterocycles. The highest BCUT2D eigenvalue weighted by Crippen LogP contribution is 2.34. The van der Waals surface area contributed by atoms with Gasteiger partial charge in [-0.05, 0) is 45.4 Å². The van der Waals surface area contributed by atoms with Gasteiger partial charge in [-0.25, -0.2) is 0 Å². The van der Waals surface area contributed by atoms with Gasteiger partial charge < -0.3 is 25.0 Å². The maximum Gasteiger partial charge on any atom is 0.422 e. The predicted molar refractivity (Wildman–Crippen MR) is 110 cm³/mol. The lowest BCUT2D eigenvalue weighted by atomic mass is 10.0. The number of benzene rings is 1. The Bertz CT molecular complexity index is 750. The summed E-state index contributed by atoms with van der Waals surface area (Å²) < 4.78 is 48.6. The number of anilines is 1. The monoisotopic (exact) mass is 445 g/mol. The number of hydrogen-bond donors (Lipinski definition) is 2. The summed E-state index contributed by atoms with van der Waals surface area (Å²) in [7, 11) is 0. The molecule has 0 spiro atoms. The lowest BCUT2D eigenvalue weighted by molar-refractivity contribution is -0.153. The Hall–Kier alpha value is -2.49. The molecule has 1 fully saturated rings. The summed E-state index contributed by atoms with van der Waals surface area (Å²) in [5.41, 5.74) is 0.172. The number of carbonyl (C=O) groups is 2. The zero-order chi connectivity index (χ0) is 23.0. The fourth-order valence-electron chi connectivity index (χ4n) is 3.29. The molecule has 1 aliphatic heterocycles. The minimum Gasteiger partial charge on any atom is -0.484 e. The van der Waals surface area contributed by atoms with E-state index in [2.05, 4.69) is 10.6 Å². The van der Waals surface area contributed by atoms with Gasteiger partial charge in [0.05, 0.1) is 5.69 Å². The van der Waals surface area contributed by atoms with E-state index in [1.165, 1.54) is 30.0 Å². The molecule has 1 aromatic carbocycles. The Morgan fingerprint density at radius 3 is 2.58 bits per heavy atom. The van der Waals surface area contributed by atoms with Crippen LogP contribution >= 0.6 is 0 Å². The number of rotatable bonds is 9. The van der Waals surface area contributed by atoms with Crippen LogP contribution < -0.4 is 25.0 Å². The molecule has 0 radical (unpaired) electrons. The van der Waals surface area contributed by atoms with Gasteiger partial charge in [-0.2, -0.15) is 13.2 Å². The minimum absolute atomic E-state index is 0.0227. The van der Waals surface area contributed by atoms with Crippen LogP contribution in [0, 0.1) is 0 Å². The fourth-order valence-corrected chi connectivity index (χ4v) is 3.29. The van der Waals surface area contributed by atoms with E-state index in [-0.39, 0.29) is 54.2 Å². The van der Waals surface area contributed by atoms with Crippen molar-refractivity contribution in [2.45, 2.75) is 58.3 Å². The second-order valence-corrected chi connectivity index (χ2v) is 7.82. The SMILES string of the molecule is CC(=O)N(CC1CCCCN1)c1cc(OCC(=O)NC(C)C)ccc1OCC(F)(F)F. The third-order valence-electron chi connectivity index (χ3n) is 4.63. The van der Waals surface area contributed by atoms with Crippen LogP contribution in [0.3, 0.4) is 0 Å². The summed E-state index contributed by atoms with van der Waals surface area (Å²) >= 11 is 0. The predicted octanol–water partition coefficient (Wildman–Crippen LogP) is 3.03. The van der Waals surface area contributed by atoms with Crippen LogP contribution in [-0.2, 0) is 9.59 Å². The Kier molecular flexibility index (Phi) is 8.97. The molecule has 174 valence electrons. The Morgan fingerprint density at radius 2 is 2.00 bits per heavy atom. The zero-order valence-corrected chi connectivity index (χ0v) is 18.1. The molecule has 2 N–H and O–H groups in total. The van der Waals surface area contributed by atoms with Gasteiger partial charge >= 0.3 is 6.18 Å². The molecule has 1 heterocycles. The second kappa shape index (κ2) is 11.2. The number of nitrogens with zero attached hydrogens (tertiary/aromatic N) is 1. The van der Waals surface area contributed by atoms with Gasteiger partial charge in [0.25, 0.3) is 5.91 Å². The molecule has 1 saturated heterocycles. The number of piperidine rings is 1. The van der Waals surface area contributed by atoms with E-state index in [1.807, 2.05) is 13.8 Å². The summed E-state index contributed by atoms with van der Waals surface area (Å²) in [4.78, 5) is 25.6. The molecule has 2 amide bonds. The fraction of sp³-hybridized carbons (Fsp3) is 0.619. The van der Waals surface area contributed by atoms with Crippen LogP contribution in [0.1, 0.15) is 40.0 Å². The number of nitrogens with one attached hydrogen (secondary N) is 2. The number of carbonyl (C=O) groups excluding carboxylic acids is 2. The maximum absolute atomic E-state index is 12.7. The van der Waals surface area contributed by atoms with Crippen molar-refractivity contribution in [2.75, 3.05) is 31.2 Å². The molecule has 0 bridgehead atoms. The summed E-state index contributed by atoms with van der Waals surface area (Å²) in [5.74, 6) is -0.499. The largest absolute Gasteiger partial charge is 0.484 e. The third-order valence-corrected chi connectivity index (χ3v) is 4.63. The maximum atomic E-state index is 12.7. The van der Waals surface area contributed by atoms with E-state index >= 15 is 0 Å². The normalized spacial score (nSPS) is 16.7. The lowest BCUT2D eigenvalue weighted by Gasteiger charge is -2.31. The number of hydrogen-bond acceptors (Lipinski definition) is 5. The average Bonchev–Trinajstić information content (AvgIpc) is 2.68. The minimum atomic E-state index is -4.52. The van der Waals surface area contributed by atoms with Gasteiger partial charge in [-0.15, -0.1) is 0 Å². The summed E-state index contributed by atoms with van der Waals surface area (Å²) in [6.45, 7) is 4.34. The van der Waals surface area contributed by atoms with Gasteiger partial charge in [-0.1, -0.05) is 6.42 Å². The Balaban J connectivity index is 2.25. The van der Waals surface area contributed by atoms with Crippen LogP contribution in [0.15, 0.2) is 18.2 Å². The van der Waals surface area contributed by atoms with Crippen molar-refractivity contribution < 1.29 is 32.2 Å². The van der Waals surface area contributed by atoms with Crippen LogP contribution in [-0.4, -0.2) is 56.4 Å². The number of halogens is 3. The van der Waals surface area contributed by atoms with Crippen molar-refractivity contribution in [3.05, 3.63) is 18.2 Å². The molecule has 1 aliphatic rings. The number of amides is 2. The van der Waals surface area contributed by atoms with Gasteiger partial charge in [-0.3, -0.25) is 9.59 Å². The van der Waals surface area contributed by atoms with Gasteiger partial charge in [0.15, 0.2) is 13.2 Å². The van der Waals surface area contributed by atoms with Crippen LogP contribution in [0.5, 0.6) is 11.5 Å². The van der Waals surface area contributed by atoms with Crippen molar-refractivity contribution in [3.63, 3.8) is 0 Å². The smallest absolute Gasteiger partial charge is 0.422 e. The quantitative estimate of drug-likeness (QED) is 0.611. The molecule has 31 heavy (non-hydrogen) atoms. The third kappa shape index (κ3) is 8.64. The first-order valence-corrected chi connectivity index (χ1v) is 10.3. The van der Waals surface area contributed by atoms with E-state index in [9.17, 15) is 22.8 Å². The van der Waals surface area contributed by atoms with E-state index < -0.39 is 12.8 Å². The average molecular weight is 445 g/mol. The van der Waals surface area contributed by atoms with Crippen molar-refractivity contribution in [2.24, 2.45) is 0 Å². The van der Waals surface area contributed by atoms with E-state index in [0.717, 1.165) is 25.8 Å². The summed E-state index contributed by atoms with van der Waals surface area (Å²) in [5, 5.41) is 6.01. The van der Waals surface area contributed by atoms with Crippen molar-refractivity contribution in [1.29, 1.82) is 0 Å². The molecule has 7 nitrogen and oxygen atoms in total. The van der Waals surface area contributed by atoms with E-state index in [4.69, 9.17) is 9.47 Å². The molecule has 2 rings (SSSR count). The highest BCUT2D eigenvalue weighted by atomic mass is 19.4. The molecule has 10 heteroatoms. The van der Waals surface area contributed by atoms with E-state index in [0.29, 0.717) is 0 Å². The molecule has 1 aromatic rings. The van der Waals surface area contributed by atoms with E-state index in [1.54, 1.807) is 0 Å². The molecule has 1 atom stereocenters. The van der Waals surface area contributed by atoms with Crippen LogP contribution in [0.25, 0.3) is 0 Å². The Labute approximate surface area is 180 Å². The first-order valence-electron chi connectivity index (χ1n) is 10.3. The van der Waals surface area contributed by atoms with Crippen molar-refractivity contribution in [3.8, 4) is 11.5 Å². The lowest BCUT2D eigenvalue weighted by Crippen LogP contribution is -2.45. The molecule has 0 saturated carbocycles. The summed E-state index contributed by atoms with van der Waals surface area (Å²) in [6.07, 6.45) is -1.62. The zero-order valence-electron chi connectivity index (χ0n) is 18.1. The number of alkyl halides is 3. The van der Waals surface area contributed by atoms with Gasteiger partial charge in [0.2, 0.25) is 5.91 Å². The number of ether oxygens (including phenoxy) is 2. The van der Waals surface area contributed by atoms with Crippen LogP contribution in [0.4, 0.5) is 18.9 Å². The molecule has 0 aliphatic carbocycles. The molecule has 1 unspecified atom stereocenters.